The van der Waals surface area contributed by atoms with Crippen LogP contribution in [0, 0.1) is 0 Å². The van der Waals surface area contributed by atoms with Crippen LogP contribution >= 0.6 is 0 Å². The second-order valence-corrected chi connectivity index (χ2v) is 5.30. The number of rotatable bonds is 8. The first-order chi connectivity index (χ1) is 9.43. The molecule has 7 nitrogen and oxygen atoms in total. The van der Waals surface area contributed by atoms with Crippen molar-refractivity contribution in [3.05, 3.63) is 0 Å². The second kappa shape index (κ2) is 9.05. The van der Waals surface area contributed by atoms with Crippen molar-refractivity contribution in [2.24, 2.45) is 0 Å². The number of nitrogens with zero attached hydrogens (tertiary/aromatic N) is 1. The number of ether oxygens (including phenoxy) is 2. The Balaban J connectivity index is 0. The maximum atomic E-state index is 13.8. The molecule has 0 rings (SSSR count). The zero-order chi connectivity index (χ0) is 16.9. The van der Waals surface area contributed by atoms with Crippen molar-refractivity contribution in [2.45, 2.75) is 11.2 Å². The maximum Gasteiger partial charge on any atom is 1.00 e. The van der Waals surface area contributed by atoms with Gasteiger partial charge in [-0.1, -0.05) is 0 Å². The molecule has 0 aromatic carbocycles. The van der Waals surface area contributed by atoms with Gasteiger partial charge in [0.25, 0.3) is 5.91 Å². The summed E-state index contributed by atoms with van der Waals surface area (Å²) < 4.78 is 92.5. The number of methoxy groups -OCH3 is 2. The van der Waals surface area contributed by atoms with Gasteiger partial charge in [0.15, 0.2) is 0 Å². The van der Waals surface area contributed by atoms with E-state index in [1.54, 1.807) is 0 Å². The van der Waals surface area contributed by atoms with Gasteiger partial charge in [0.05, 0.1) is 13.2 Å². The van der Waals surface area contributed by atoms with Gasteiger partial charge in [0, 0.05) is 27.3 Å². The third-order valence-electron chi connectivity index (χ3n) is 2.40. The van der Waals surface area contributed by atoms with E-state index in [1.165, 1.54) is 0 Å². The summed E-state index contributed by atoms with van der Waals surface area (Å²) in [6.45, 7) is -1.67. The normalized spacial score (nSPS) is 14.9. The molecule has 0 aliphatic rings. The van der Waals surface area contributed by atoms with Crippen molar-refractivity contribution in [3.63, 3.8) is 0 Å². The number of hydrogen-bond donors (Lipinski definition) is 0. The molecule has 0 bridgehead atoms. The third-order valence-corrected chi connectivity index (χ3v) is 3.50. The first kappa shape index (κ1) is 23.9. The molecule has 0 saturated carbocycles. The van der Waals surface area contributed by atoms with Crippen LogP contribution in [0.3, 0.4) is 0 Å². The largest absolute Gasteiger partial charge is 1.00 e. The standard InChI is InChI=1S/C9H15F4NO6S.Li/c1-19-5-3-14(4-6-20-2)7(15)8(10,9(11,12)13)21(16,17)18;/h3-6H2,1-2H3,(H,16,17,18);/q;+1/p-1. The van der Waals surface area contributed by atoms with E-state index in [9.17, 15) is 35.3 Å². The molecule has 0 aromatic rings. The molecule has 0 spiro atoms. The number of amides is 1. The molecular formula is C9H14F4LiNO6S. The van der Waals surface area contributed by atoms with Gasteiger partial charge in [0.2, 0.25) is 0 Å². The minimum Gasteiger partial charge on any atom is -0.745 e. The van der Waals surface area contributed by atoms with E-state index in [1.807, 2.05) is 0 Å². The molecule has 13 heteroatoms. The van der Waals surface area contributed by atoms with Crippen molar-refractivity contribution in [2.75, 3.05) is 40.5 Å². The van der Waals surface area contributed by atoms with Gasteiger partial charge in [-0.15, -0.1) is 0 Å². The van der Waals surface area contributed by atoms with Gasteiger partial charge >= 0.3 is 30.0 Å². The molecule has 1 amide bonds. The van der Waals surface area contributed by atoms with E-state index in [0.717, 1.165) is 14.2 Å². The van der Waals surface area contributed by atoms with Gasteiger partial charge in [-0.05, 0) is 0 Å². The molecule has 0 saturated heterocycles. The Morgan fingerprint density at radius 3 is 1.68 bits per heavy atom. The molecule has 0 radical (unpaired) electrons. The van der Waals surface area contributed by atoms with E-state index in [4.69, 9.17) is 0 Å². The van der Waals surface area contributed by atoms with Gasteiger partial charge in [-0.3, -0.25) is 4.79 Å². The molecule has 1 atom stereocenters. The summed E-state index contributed by atoms with van der Waals surface area (Å²) in [5, 5.41) is -5.55. The fraction of sp³-hybridized carbons (Fsp3) is 0.889. The summed E-state index contributed by atoms with van der Waals surface area (Å²) in [6.07, 6.45) is -6.21. The summed E-state index contributed by atoms with van der Waals surface area (Å²) in [7, 11) is -4.31. The summed E-state index contributed by atoms with van der Waals surface area (Å²) in [5.41, 5.74) is 0. The van der Waals surface area contributed by atoms with Gasteiger partial charge < -0.3 is 18.9 Å². The van der Waals surface area contributed by atoms with Crippen molar-refractivity contribution < 1.29 is 63.7 Å². The van der Waals surface area contributed by atoms with Crippen LogP contribution in [0.5, 0.6) is 0 Å². The van der Waals surface area contributed by atoms with Crippen LogP contribution in [0.4, 0.5) is 17.6 Å². The Morgan fingerprint density at radius 2 is 1.45 bits per heavy atom. The first-order valence-electron chi connectivity index (χ1n) is 5.41. The fourth-order valence-electron chi connectivity index (χ4n) is 1.29. The molecule has 126 valence electrons. The van der Waals surface area contributed by atoms with Crippen molar-refractivity contribution >= 4 is 16.0 Å². The quantitative estimate of drug-likeness (QED) is 0.262. The number of hydrogen-bond acceptors (Lipinski definition) is 6. The van der Waals surface area contributed by atoms with Crippen molar-refractivity contribution in [3.8, 4) is 0 Å². The zero-order valence-corrected chi connectivity index (χ0v) is 13.0. The molecule has 0 aliphatic heterocycles. The van der Waals surface area contributed by atoms with Crippen LogP contribution in [0.1, 0.15) is 0 Å². The minimum absolute atomic E-state index is 0. The predicted molar refractivity (Wildman–Crippen MR) is 59.9 cm³/mol. The SMILES string of the molecule is COCCN(CCOC)C(=O)C(F)(C(F)(F)F)S(=O)(=O)[O-].[Li+]. The van der Waals surface area contributed by atoms with Crippen LogP contribution in [0.25, 0.3) is 0 Å². The van der Waals surface area contributed by atoms with E-state index >= 15 is 0 Å². The van der Waals surface area contributed by atoms with E-state index in [2.05, 4.69) is 9.47 Å². The average Bonchev–Trinajstić information content (AvgIpc) is 2.34. The molecule has 0 fully saturated rings. The summed E-state index contributed by atoms with van der Waals surface area (Å²) in [5.74, 6) is -2.51. The maximum absolute atomic E-state index is 13.8. The number of carbonyl (C=O) groups excluding carboxylic acids is 1. The Hall–Kier alpha value is -0.383. The molecule has 1 unspecified atom stereocenters. The van der Waals surface area contributed by atoms with Crippen LogP contribution < -0.4 is 18.9 Å². The monoisotopic (exact) mass is 347 g/mol. The molecule has 22 heavy (non-hydrogen) atoms. The van der Waals surface area contributed by atoms with Crippen LogP contribution in [0.15, 0.2) is 0 Å². The first-order valence-corrected chi connectivity index (χ1v) is 6.82. The topological polar surface area (TPSA) is 96.0 Å². The molecule has 0 N–H and O–H groups in total. The summed E-state index contributed by atoms with van der Waals surface area (Å²) in [6, 6.07) is 0. The fourth-order valence-corrected chi connectivity index (χ4v) is 1.92. The van der Waals surface area contributed by atoms with E-state index in [0.29, 0.717) is 0 Å². The van der Waals surface area contributed by atoms with Crippen molar-refractivity contribution in [1.82, 2.24) is 4.90 Å². The number of halogens is 4. The third kappa shape index (κ3) is 5.36. The van der Waals surface area contributed by atoms with Crippen LogP contribution in [0.2, 0.25) is 0 Å². The average molecular weight is 347 g/mol. The number of carbonyl (C=O) groups is 1. The summed E-state index contributed by atoms with van der Waals surface area (Å²) >= 11 is 0. The predicted octanol–water partition coefficient (Wildman–Crippen LogP) is -3.11. The molecule has 0 aromatic heterocycles. The Morgan fingerprint density at radius 1 is 1.09 bits per heavy atom. The molecular weight excluding hydrogens is 333 g/mol. The van der Waals surface area contributed by atoms with Gasteiger partial charge in [0.1, 0.15) is 10.1 Å². The molecule has 0 heterocycles. The van der Waals surface area contributed by atoms with E-state index in [-0.39, 0.29) is 37.0 Å². The minimum atomic E-state index is -6.63. The Bertz CT molecular complexity index is 452. The number of alkyl halides is 4. The summed E-state index contributed by atoms with van der Waals surface area (Å²) in [4.78, 5) is 11.8. The van der Waals surface area contributed by atoms with E-state index < -0.39 is 40.3 Å². The van der Waals surface area contributed by atoms with Gasteiger partial charge in [-0.2, -0.15) is 13.2 Å². The molecule has 0 aliphatic carbocycles. The Kier molecular flexibility index (Phi) is 9.82. The second-order valence-electron chi connectivity index (χ2n) is 3.82. The smallest absolute Gasteiger partial charge is 0.745 e. The van der Waals surface area contributed by atoms with Gasteiger partial charge in [-0.25, -0.2) is 12.8 Å². The zero-order valence-electron chi connectivity index (χ0n) is 12.1. The van der Waals surface area contributed by atoms with Crippen LogP contribution in [-0.4, -0.2) is 75.5 Å². The van der Waals surface area contributed by atoms with Crippen molar-refractivity contribution in [1.29, 1.82) is 0 Å². The Labute approximate surface area is 136 Å². The van der Waals surface area contributed by atoms with Crippen LogP contribution in [-0.2, 0) is 24.4 Å².